The van der Waals surface area contributed by atoms with Crippen molar-refractivity contribution in [3.63, 3.8) is 0 Å². The van der Waals surface area contributed by atoms with Gasteiger partial charge < -0.3 is 14.4 Å². The zero-order valence-electron chi connectivity index (χ0n) is 10.6. The van der Waals surface area contributed by atoms with Gasteiger partial charge in [-0.3, -0.25) is 0 Å². The third kappa shape index (κ3) is 1.97. The Morgan fingerprint density at radius 1 is 1.42 bits per heavy atom. The van der Waals surface area contributed by atoms with E-state index >= 15 is 0 Å². The van der Waals surface area contributed by atoms with Crippen molar-refractivity contribution in [1.82, 2.24) is 5.16 Å². The van der Waals surface area contributed by atoms with Crippen LogP contribution in [-0.4, -0.2) is 21.8 Å². The summed E-state index contributed by atoms with van der Waals surface area (Å²) in [6.07, 6.45) is 0.816. The molecule has 0 spiro atoms. The molecule has 0 fully saturated rings. The molecule has 0 radical (unpaired) electrons. The summed E-state index contributed by atoms with van der Waals surface area (Å²) in [6, 6.07) is 7.16. The zero-order chi connectivity index (χ0) is 13.6. The molecule has 19 heavy (non-hydrogen) atoms. The molecule has 0 atom stereocenters. The molecule has 1 aromatic carbocycles. The van der Waals surface area contributed by atoms with Crippen molar-refractivity contribution in [2.45, 2.75) is 25.9 Å². The van der Waals surface area contributed by atoms with Crippen LogP contribution in [-0.2, 0) is 6.42 Å². The summed E-state index contributed by atoms with van der Waals surface area (Å²) < 4.78 is 11.0. The number of benzene rings is 1. The van der Waals surface area contributed by atoms with Crippen LogP contribution < -0.4 is 4.74 Å². The number of hydrogen-bond acceptors (Lipinski definition) is 4. The van der Waals surface area contributed by atoms with Crippen LogP contribution in [0.1, 0.15) is 29.9 Å². The molecule has 1 aliphatic rings. The molecule has 5 heteroatoms. The summed E-state index contributed by atoms with van der Waals surface area (Å²) in [5, 5.41) is 12.4. The minimum Gasteiger partial charge on any atom is -0.486 e. The second-order valence-electron chi connectivity index (χ2n) is 5.21. The summed E-state index contributed by atoms with van der Waals surface area (Å²) in [4.78, 5) is 10.8. The first-order valence-corrected chi connectivity index (χ1v) is 5.97. The van der Waals surface area contributed by atoms with Gasteiger partial charge in [0.05, 0.1) is 5.56 Å². The van der Waals surface area contributed by atoms with Crippen LogP contribution in [0.5, 0.6) is 5.75 Å². The molecule has 2 heterocycles. The number of carboxylic acids is 1. The Labute approximate surface area is 109 Å². The number of carboxylic acid groups (broad SMARTS) is 1. The smallest absolute Gasteiger partial charge is 0.358 e. The quantitative estimate of drug-likeness (QED) is 0.897. The molecular formula is C14H13NO4. The number of para-hydroxylation sites is 1. The highest BCUT2D eigenvalue weighted by molar-refractivity contribution is 5.87. The van der Waals surface area contributed by atoms with Crippen LogP contribution >= 0.6 is 0 Å². The van der Waals surface area contributed by atoms with E-state index < -0.39 is 5.97 Å². The first kappa shape index (κ1) is 11.8. The lowest BCUT2D eigenvalue weighted by Crippen LogP contribution is -2.24. The highest BCUT2D eigenvalue weighted by atomic mass is 16.5. The second kappa shape index (κ2) is 3.85. The van der Waals surface area contributed by atoms with E-state index in [1.807, 2.05) is 32.0 Å². The number of aromatic nitrogens is 1. The molecule has 3 rings (SSSR count). The maximum absolute atomic E-state index is 10.8. The Bertz CT molecular complexity index is 657. The molecule has 0 unspecified atom stereocenters. The summed E-state index contributed by atoms with van der Waals surface area (Å²) in [7, 11) is 0. The fraction of sp³-hybridized carbons (Fsp3) is 0.286. The second-order valence-corrected chi connectivity index (χ2v) is 5.21. The van der Waals surface area contributed by atoms with Gasteiger partial charge in [0.2, 0.25) is 0 Å². The van der Waals surface area contributed by atoms with Gasteiger partial charge in [-0.2, -0.15) is 0 Å². The Hall–Kier alpha value is -2.30. The Balaban J connectivity index is 2.07. The molecule has 5 nitrogen and oxygen atoms in total. The van der Waals surface area contributed by atoms with E-state index in [4.69, 9.17) is 14.4 Å². The third-order valence-electron chi connectivity index (χ3n) is 3.09. The van der Waals surface area contributed by atoms with Gasteiger partial charge >= 0.3 is 5.97 Å². The predicted octanol–water partition coefficient (Wildman–Crippen LogP) is 2.75. The first-order valence-electron chi connectivity index (χ1n) is 5.97. The molecule has 98 valence electrons. The fourth-order valence-electron chi connectivity index (χ4n) is 2.31. The zero-order valence-corrected chi connectivity index (χ0v) is 10.6. The van der Waals surface area contributed by atoms with E-state index in [9.17, 15) is 4.79 Å². The molecule has 0 saturated heterocycles. The topological polar surface area (TPSA) is 72.6 Å². The van der Waals surface area contributed by atoms with E-state index in [2.05, 4.69) is 5.16 Å². The van der Waals surface area contributed by atoms with Crippen molar-refractivity contribution < 1.29 is 19.2 Å². The lowest BCUT2D eigenvalue weighted by molar-refractivity contribution is 0.0686. The summed E-state index contributed by atoms with van der Waals surface area (Å²) >= 11 is 0. The van der Waals surface area contributed by atoms with Crippen molar-refractivity contribution in [1.29, 1.82) is 0 Å². The lowest BCUT2D eigenvalue weighted by Gasteiger charge is -2.17. The summed E-state index contributed by atoms with van der Waals surface area (Å²) in [5.74, 6) is 0.0522. The lowest BCUT2D eigenvalue weighted by atomic mass is 10.00. The van der Waals surface area contributed by atoms with Gasteiger partial charge in [0.25, 0.3) is 0 Å². The Morgan fingerprint density at radius 2 is 2.21 bits per heavy atom. The molecule has 2 aromatic rings. The molecule has 0 amide bonds. The van der Waals surface area contributed by atoms with Crippen LogP contribution in [0.25, 0.3) is 11.3 Å². The van der Waals surface area contributed by atoms with Crippen LogP contribution in [0, 0.1) is 0 Å². The van der Waals surface area contributed by atoms with Crippen LogP contribution in [0.15, 0.2) is 28.8 Å². The minimum atomic E-state index is -1.11. The Kier molecular flexibility index (Phi) is 2.38. The van der Waals surface area contributed by atoms with Crippen molar-refractivity contribution in [2.75, 3.05) is 0 Å². The minimum absolute atomic E-state index is 0.107. The molecule has 1 N–H and O–H groups in total. The number of nitrogens with zero attached hydrogens (tertiary/aromatic N) is 1. The maximum atomic E-state index is 10.8. The van der Waals surface area contributed by atoms with Gasteiger partial charge in [0.1, 0.15) is 11.4 Å². The average Bonchev–Trinajstić information content (AvgIpc) is 2.90. The van der Waals surface area contributed by atoms with E-state index in [-0.39, 0.29) is 11.3 Å². The van der Waals surface area contributed by atoms with Crippen molar-refractivity contribution >= 4 is 5.97 Å². The van der Waals surface area contributed by atoms with E-state index in [0.29, 0.717) is 5.76 Å². The molecule has 0 aliphatic carbocycles. The van der Waals surface area contributed by atoms with Gasteiger partial charge in [0.15, 0.2) is 11.5 Å². The highest BCUT2D eigenvalue weighted by Gasteiger charge is 2.32. The average molecular weight is 259 g/mol. The van der Waals surface area contributed by atoms with E-state index in [0.717, 1.165) is 23.3 Å². The third-order valence-corrected chi connectivity index (χ3v) is 3.09. The number of rotatable bonds is 2. The molecule has 0 saturated carbocycles. The van der Waals surface area contributed by atoms with Crippen molar-refractivity contribution in [3.8, 4) is 17.1 Å². The SMILES string of the molecule is CC1(C)Cc2cccc(-c3cc(C(=O)O)no3)c2O1. The number of ether oxygens (including phenoxy) is 1. The summed E-state index contributed by atoms with van der Waals surface area (Å²) in [6.45, 7) is 4.03. The summed E-state index contributed by atoms with van der Waals surface area (Å²) in [5.41, 5.74) is 1.47. The maximum Gasteiger partial charge on any atom is 0.358 e. The van der Waals surface area contributed by atoms with Gasteiger partial charge in [-0.15, -0.1) is 0 Å². The largest absolute Gasteiger partial charge is 0.486 e. The molecule has 1 aromatic heterocycles. The Morgan fingerprint density at radius 3 is 2.89 bits per heavy atom. The van der Waals surface area contributed by atoms with E-state index in [1.54, 1.807) is 0 Å². The van der Waals surface area contributed by atoms with Gasteiger partial charge in [-0.1, -0.05) is 17.3 Å². The number of fused-ring (bicyclic) bond motifs is 1. The van der Waals surface area contributed by atoms with Crippen LogP contribution in [0.2, 0.25) is 0 Å². The standard InChI is InChI=1S/C14H13NO4/c1-14(2)7-8-4-3-5-9(12(8)18-14)11-6-10(13(16)17)15-19-11/h3-6H,7H2,1-2H3,(H,16,17). The van der Waals surface area contributed by atoms with Gasteiger partial charge in [-0.05, 0) is 25.5 Å². The predicted molar refractivity (Wildman–Crippen MR) is 67.3 cm³/mol. The van der Waals surface area contributed by atoms with Gasteiger partial charge in [0, 0.05) is 12.5 Å². The molecular weight excluding hydrogens is 246 g/mol. The van der Waals surface area contributed by atoms with Crippen LogP contribution in [0.3, 0.4) is 0 Å². The first-order chi connectivity index (χ1) is 8.96. The number of hydrogen-bond donors (Lipinski definition) is 1. The molecule has 0 bridgehead atoms. The fourth-order valence-corrected chi connectivity index (χ4v) is 2.31. The van der Waals surface area contributed by atoms with Crippen molar-refractivity contribution in [3.05, 3.63) is 35.5 Å². The monoisotopic (exact) mass is 259 g/mol. The van der Waals surface area contributed by atoms with Gasteiger partial charge in [-0.25, -0.2) is 4.79 Å². The normalized spacial score (nSPS) is 15.9. The van der Waals surface area contributed by atoms with Crippen molar-refractivity contribution in [2.24, 2.45) is 0 Å². The number of aromatic carboxylic acids is 1. The number of carbonyl (C=O) groups is 1. The highest BCUT2D eigenvalue weighted by Crippen LogP contribution is 2.42. The molecule has 1 aliphatic heterocycles. The van der Waals surface area contributed by atoms with E-state index in [1.165, 1.54) is 6.07 Å². The van der Waals surface area contributed by atoms with Crippen LogP contribution in [0.4, 0.5) is 0 Å².